The van der Waals surface area contributed by atoms with Crippen LogP contribution in [-0.4, -0.2) is 11.4 Å². The van der Waals surface area contributed by atoms with Gasteiger partial charge in [-0.25, -0.2) is 0 Å². The Bertz CT molecular complexity index is 242. The van der Waals surface area contributed by atoms with Crippen LogP contribution in [0.5, 0.6) is 0 Å². The zero-order valence-corrected chi connectivity index (χ0v) is 14.9. The maximum atomic E-state index is 10.2. The van der Waals surface area contributed by atoms with Crippen LogP contribution < -0.4 is 11.3 Å². The Kier molecular flexibility index (Phi) is 26.5. The van der Waals surface area contributed by atoms with Gasteiger partial charge in [-0.05, 0) is 38.5 Å². The first-order chi connectivity index (χ1) is 9.77. The third-order valence-electron chi connectivity index (χ3n) is 3.64. The minimum Gasteiger partial charge on any atom is -0.550 e. The number of carbonyl (C=O) groups is 1. The summed E-state index contributed by atoms with van der Waals surface area (Å²) in [7, 11) is 0. The molecular weight excluding hydrogens is 278 g/mol. The third-order valence-corrected chi connectivity index (χ3v) is 3.64. The summed E-state index contributed by atoms with van der Waals surface area (Å²) in [5.41, 5.74) is 0. The first-order valence-electron chi connectivity index (χ1n) is 8.62. The van der Waals surface area contributed by atoms with Gasteiger partial charge in [0.05, 0.1) is 0 Å². The van der Waals surface area contributed by atoms with E-state index in [1.165, 1.54) is 64.2 Å². The maximum Gasteiger partial charge on any atom is 0.0414 e. The Balaban J connectivity index is -0.00000180. The Morgan fingerprint density at radius 2 is 1.18 bits per heavy atom. The predicted molar refractivity (Wildman–Crippen MR) is 94.1 cm³/mol. The molecule has 0 unspecified atom stereocenters. The van der Waals surface area contributed by atoms with Crippen LogP contribution in [0, 0.1) is 0 Å². The van der Waals surface area contributed by atoms with E-state index in [0.29, 0.717) is 0 Å². The Hall–Kier alpha value is -0.870. The Morgan fingerprint density at radius 1 is 0.773 bits per heavy atom. The van der Waals surface area contributed by atoms with E-state index in [0.717, 1.165) is 19.3 Å². The van der Waals surface area contributed by atoms with Crippen LogP contribution >= 0.6 is 0 Å². The van der Waals surface area contributed by atoms with Crippen molar-refractivity contribution in [1.82, 2.24) is 6.15 Å². The van der Waals surface area contributed by atoms with Crippen molar-refractivity contribution < 1.29 is 15.4 Å². The first-order valence-corrected chi connectivity index (χ1v) is 8.62. The molecular formula is C18H39NO3. The molecule has 0 atom stereocenters. The number of unbranched alkanes of at least 4 members (excludes halogenated alkanes) is 11. The van der Waals surface area contributed by atoms with Crippen molar-refractivity contribution in [3.05, 3.63) is 12.2 Å². The first kappa shape index (κ1) is 26.0. The van der Waals surface area contributed by atoms with Crippen LogP contribution in [0.15, 0.2) is 12.2 Å². The van der Waals surface area contributed by atoms with Gasteiger partial charge in [-0.2, -0.15) is 0 Å². The van der Waals surface area contributed by atoms with E-state index in [4.69, 9.17) is 0 Å². The van der Waals surface area contributed by atoms with E-state index in [1.54, 1.807) is 0 Å². The summed E-state index contributed by atoms with van der Waals surface area (Å²) in [6.07, 6.45) is 20.9. The van der Waals surface area contributed by atoms with E-state index < -0.39 is 5.97 Å². The van der Waals surface area contributed by atoms with Crippen molar-refractivity contribution in [2.24, 2.45) is 0 Å². The van der Waals surface area contributed by atoms with Crippen molar-refractivity contribution >= 4 is 5.97 Å². The molecule has 0 saturated heterocycles. The molecule has 6 N–H and O–H groups in total. The fourth-order valence-electron chi connectivity index (χ4n) is 2.34. The van der Waals surface area contributed by atoms with E-state index in [-0.39, 0.29) is 18.0 Å². The van der Waals surface area contributed by atoms with Crippen LogP contribution in [0.3, 0.4) is 0 Å². The van der Waals surface area contributed by atoms with E-state index >= 15 is 0 Å². The van der Waals surface area contributed by atoms with Gasteiger partial charge in [-0.15, -0.1) is 0 Å². The molecule has 4 nitrogen and oxygen atoms in total. The number of carboxylic acids is 1. The van der Waals surface area contributed by atoms with Gasteiger partial charge >= 0.3 is 0 Å². The standard InChI is InChI=1S/C18H34O2.H3N.H2O/c1-2-3-4-5-6-7-8-9-10-11-12-13-14-15-16-17-18(19)20;;/h9-10H,2-8,11-17H2,1H3,(H,19,20);1H3;1H2/b10-9-;;. The summed E-state index contributed by atoms with van der Waals surface area (Å²) < 4.78 is 0. The molecule has 0 aromatic carbocycles. The lowest BCUT2D eigenvalue weighted by atomic mass is 10.1. The number of carboxylic acid groups (broad SMARTS) is 1. The molecule has 0 aliphatic carbocycles. The lowest BCUT2D eigenvalue weighted by Crippen LogP contribution is -2.21. The zero-order valence-electron chi connectivity index (χ0n) is 14.9. The van der Waals surface area contributed by atoms with Gasteiger partial charge in [0.15, 0.2) is 0 Å². The van der Waals surface area contributed by atoms with Crippen LogP contribution in [0.2, 0.25) is 0 Å². The molecule has 0 aliphatic rings. The molecule has 0 aliphatic heterocycles. The van der Waals surface area contributed by atoms with Gasteiger partial charge in [0.1, 0.15) is 0 Å². The zero-order chi connectivity index (χ0) is 14.9. The lowest BCUT2D eigenvalue weighted by molar-refractivity contribution is -0.305. The smallest absolute Gasteiger partial charge is 0.0414 e. The van der Waals surface area contributed by atoms with Crippen LogP contribution in [0.4, 0.5) is 0 Å². The van der Waals surface area contributed by atoms with E-state index in [1.807, 2.05) is 0 Å². The number of aliphatic carboxylic acids is 1. The van der Waals surface area contributed by atoms with Crippen LogP contribution in [-0.2, 0) is 4.79 Å². The van der Waals surface area contributed by atoms with Crippen LogP contribution in [0.1, 0.15) is 96.8 Å². The summed E-state index contributed by atoms with van der Waals surface area (Å²) in [5.74, 6) is -0.914. The van der Waals surface area contributed by atoms with Gasteiger partial charge in [0, 0.05) is 5.97 Å². The fourth-order valence-corrected chi connectivity index (χ4v) is 2.34. The average Bonchev–Trinajstić information content (AvgIpc) is 2.43. The number of carbonyl (C=O) groups excluding carboxylic acids is 1. The molecule has 0 fully saturated rings. The molecule has 0 aromatic heterocycles. The van der Waals surface area contributed by atoms with Gasteiger partial charge < -0.3 is 21.5 Å². The molecule has 0 radical (unpaired) electrons. The van der Waals surface area contributed by atoms with Crippen molar-refractivity contribution in [1.29, 1.82) is 0 Å². The number of allylic oxidation sites excluding steroid dienone is 2. The van der Waals surface area contributed by atoms with Crippen LogP contribution in [0.25, 0.3) is 0 Å². The average molecular weight is 318 g/mol. The highest BCUT2D eigenvalue weighted by molar-refractivity contribution is 5.63. The molecule has 0 rings (SSSR count). The molecule has 0 heterocycles. The molecule has 134 valence electrons. The summed E-state index contributed by atoms with van der Waals surface area (Å²) in [5, 5.41) is 10.2. The quantitative estimate of drug-likeness (QED) is 0.358. The minimum absolute atomic E-state index is 0. The summed E-state index contributed by atoms with van der Waals surface area (Å²) in [4.78, 5) is 10.2. The van der Waals surface area contributed by atoms with E-state index in [2.05, 4.69) is 19.1 Å². The van der Waals surface area contributed by atoms with Gasteiger partial charge in [0.25, 0.3) is 0 Å². The fraction of sp³-hybridized carbons (Fsp3) is 0.833. The highest BCUT2D eigenvalue weighted by Gasteiger charge is 1.91. The molecule has 0 saturated carbocycles. The molecule has 0 aromatic rings. The van der Waals surface area contributed by atoms with Crippen molar-refractivity contribution in [3.63, 3.8) is 0 Å². The van der Waals surface area contributed by atoms with Crippen molar-refractivity contribution in [2.45, 2.75) is 96.8 Å². The monoisotopic (exact) mass is 317 g/mol. The predicted octanol–water partition coefficient (Wildman–Crippen LogP) is 4.33. The Labute approximate surface area is 137 Å². The van der Waals surface area contributed by atoms with Crippen molar-refractivity contribution in [3.8, 4) is 0 Å². The highest BCUT2D eigenvalue weighted by Crippen LogP contribution is 2.09. The second-order valence-electron chi connectivity index (χ2n) is 5.71. The second-order valence-corrected chi connectivity index (χ2v) is 5.71. The summed E-state index contributed by atoms with van der Waals surface area (Å²) in [6, 6.07) is 0. The van der Waals surface area contributed by atoms with Gasteiger partial charge in [-0.3, -0.25) is 0 Å². The normalized spacial score (nSPS) is 10.2. The van der Waals surface area contributed by atoms with E-state index in [9.17, 15) is 9.90 Å². The topological polar surface area (TPSA) is 108 Å². The van der Waals surface area contributed by atoms with Gasteiger partial charge in [0.2, 0.25) is 0 Å². The lowest BCUT2D eigenvalue weighted by Gasteiger charge is -2.01. The highest BCUT2D eigenvalue weighted by atomic mass is 16.4. The number of quaternary nitrogens is 1. The number of hydrogen-bond donors (Lipinski definition) is 1. The maximum absolute atomic E-state index is 10.2. The number of hydrogen-bond acceptors (Lipinski definition) is 2. The van der Waals surface area contributed by atoms with Gasteiger partial charge in [-0.1, -0.05) is 70.4 Å². The summed E-state index contributed by atoms with van der Waals surface area (Å²) in [6.45, 7) is 2.26. The SMILES string of the molecule is CCCCCCCC/C=C\CCCCCCCC(=O)[O-].O.[NH4+]. The number of rotatable bonds is 15. The Morgan fingerprint density at radius 3 is 1.64 bits per heavy atom. The molecule has 22 heavy (non-hydrogen) atoms. The van der Waals surface area contributed by atoms with Crippen molar-refractivity contribution in [2.75, 3.05) is 0 Å². The molecule has 0 bridgehead atoms. The molecule has 4 heteroatoms. The third kappa shape index (κ3) is 24.2. The minimum atomic E-state index is -0.914. The largest absolute Gasteiger partial charge is 0.550 e. The molecule has 0 spiro atoms. The second kappa shape index (κ2) is 22.4. The summed E-state index contributed by atoms with van der Waals surface area (Å²) >= 11 is 0. The molecule has 0 amide bonds.